The first-order valence-electron chi connectivity index (χ1n) is 4.00. The van der Waals surface area contributed by atoms with E-state index in [2.05, 4.69) is 4.74 Å². The number of rotatable bonds is 2. The van der Waals surface area contributed by atoms with Gasteiger partial charge in [-0.3, -0.25) is 0 Å². The zero-order valence-corrected chi connectivity index (χ0v) is 7.96. The Hall–Kier alpha value is -1.29. The van der Waals surface area contributed by atoms with Gasteiger partial charge in [-0.05, 0) is 19.9 Å². The summed E-state index contributed by atoms with van der Waals surface area (Å²) in [6.45, 7) is 3.50. The molecule has 1 rings (SSSR count). The van der Waals surface area contributed by atoms with Crippen molar-refractivity contribution in [2.45, 2.75) is 19.9 Å². The highest BCUT2D eigenvalue weighted by Gasteiger charge is 2.16. The Morgan fingerprint density at radius 1 is 1.69 bits per heavy atom. The molecule has 1 aromatic heterocycles. The van der Waals surface area contributed by atoms with Gasteiger partial charge in [0.25, 0.3) is 0 Å². The number of methoxy groups -OCH3 is 1. The first kappa shape index (κ1) is 9.80. The van der Waals surface area contributed by atoms with E-state index in [0.29, 0.717) is 17.1 Å². The van der Waals surface area contributed by atoms with Gasteiger partial charge in [0, 0.05) is 0 Å². The topological polar surface area (TPSA) is 65.5 Å². The number of hydrogen-bond donors (Lipinski definition) is 1. The smallest absolute Gasteiger partial charge is 0.341 e. The lowest BCUT2D eigenvalue weighted by Crippen LogP contribution is -2.03. The lowest BCUT2D eigenvalue weighted by Gasteiger charge is -1.96. The van der Waals surface area contributed by atoms with Crippen molar-refractivity contribution in [2.24, 2.45) is 5.73 Å². The van der Waals surface area contributed by atoms with Gasteiger partial charge in [-0.1, -0.05) is 0 Å². The Morgan fingerprint density at radius 3 is 2.69 bits per heavy atom. The van der Waals surface area contributed by atoms with Crippen LogP contribution in [0.3, 0.4) is 0 Å². The van der Waals surface area contributed by atoms with Crippen LogP contribution in [0.25, 0.3) is 0 Å². The fourth-order valence-electron chi connectivity index (χ4n) is 1.04. The van der Waals surface area contributed by atoms with Crippen LogP contribution in [0.5, 0.6) is 0 Å². The molecule has 0 bridgehead atoms. The average molecular weight is 183 g/mol. The monoisotopic (exact) mass is 183 g/mol. The molecule has 4 nitrogen and oxygen atoms in total. The number of ether oxygens (including phenoxy) is 1. The standard InChI is InChI=1S/C9H13NO3/c1-5(10)8-4-7(6(2)13-8)9(11)12-3/h4-5H,10H2,1-3H3/t5-/m0/s1. The molecular weight excluding hydrogens is 170 g/mol. The second kappa shape index (κ2) is 3.62. The van der Waals surface area contributed by atoms with Crippen LogP contribution >= 0.6 is 0 Å². The third-order valence-electron chi connectivity index (χ3n) is 1.79. The van der Waals surface area contributed by atoms with Gasteiger partial charge in [0.2, 0.25) is 0 Å². The quantitative estimate of drug-likeness (QED) is 0.704. The van der Waals surface area contributed by atoms with E-state index in [1.165, 1.54) is 7.11 Å². The molecule has 0 aliphatic rings. The van der Waals surface area contributed by atoms with Crippen molar-refractivity contribution in [3.63, 3.8) is 0 Å². The van der Waals surface area contributed by atoms with E-state index in [4.69, 9.17) is 10.2 Å². The largest absolute Gasteiger partial charge is 0.465 e. The summed E-state index contributed by atoms with van der Waals surface area (Å²) in [5.41, 5.74) is 6.03. The predicted molar refractivity (Wildman–Crippen MR) is 47.4 cm³/mol. The second-order valence-electron chi connectivity index (χ2n) is 2.90. The summed E-state index contributed by atoms with van der Waals surface area (Å²) in [6, 6.07) is 1.41. The van der Waals surface area contributed by atoms with Crippen molar-refractivity contribution in [2.75, 3.05) is 7.11 Å². The molecule has 0 radical (unpaired) electrons. The van der Waals surface area contributed by atoms with E-state index in [0.717, 1.165) is 0 Å². The molecule has 0 amide bonds. The molecular formula is C9H13NO3. The average Bonchev–Trinajstić information content (AvgIpc) is 2.46. The zero-order valence-electron chi connectivity index (χ0n) is 7.96. The summed E-state index contributed by atoms with van der Waals surface area (Å²) in [5, 5.41) is 0. The Bertz CT molecular complexity index is 315. The SMILES string of the molecule is COC(=O)c1cc([C@H](C)N)oc1C. The maximum absolute atomic E-state index is 11.1. The number of aryl methyl sites for hydroxylation is 1. The summed E-state index contributed by atoms with van der Waals surface area (Å²) in [6.07, 6.45) is 0. The van der Waals surface area contributed by atoms with Crippen LogP contribution < -0.4 is 5.73 Å². The minimum absolute atomic E-state index is 0.211. The van der Waals surface area contributed by atoms with E-state index in [9.17, 15) is 4.79 Å². The molecule has 0 aromatic carbocycles. The molecule has 13 heavy (non-hydrogen) atoms. The molecule has 0 unspecified atom stereocenters. The number of carbonyl (C=O) groups is 1. The third-order valence-corrected chi connectivity index (χ3v) is 1.79. The van der Waals surface area contributed by atoms with E-state index >= 15 is 0 Å². The zero-order chi connectivity index (χ0) is 10.0. The molecule has 2 N–H and O–H groups in total. The summed E-state index contributed by atoms with van der Waals surface area (Å²) < 4.78 is 9.84. The Labute approximate surface area is 76.7 Å². The molecule has 0 saturated carbocycles. The maximum atomic E-state index is 11.1. The van der Waals surface area contributed by atoms with Gasteiger partial charge in [-0.2, -0.15) is 0 Å². The van der Waals surface area contributed by atoms with Crippen molar-refractivity contribution in [3.8, 4) is 0 Å². The predicted octanol–water partition coefficient (Wildman–Crippen LogP) is 1.39. The molecule has 1 atom stereocenters. The summed E-state index contributed by atoms with van der Waals surface area (Å²) in [7, 11) is 1.33. The minimum Gasteiger partial charge on any atom is -0.465 e. The van der Waals surface area contributed by atoms with Gasteiger partial charge < -0.3 is 14.9 Å². The number of carbonyl (C=O) groups excluding carboxylic acids is 1. The van der Waals surface area contributed by atoms with Crippen molar-refractivity contribution in [3.05, 3.63) is 23.2 Å². The normalized spacial score (nSPS) is 12.6. The van der Waals surface area contributed by atoms with Crippen LogP contribution in [0, 0.1) is 6.92 Å². The van der Waals surface area contributed by atoms with Crippen LogP contribution in [0.1, 0.15) is 34.8 Å². The van der Waals surface area contributed by atoms with Crippen LogP contribution in [-0.4, -0.2) is 13.1 Å². The Kier molecular flexibility index (Phi) is 2.72. The fourth-order valence-corrected chi connectivity index (χ4v) is 1.04. The lowest BCUT2D eigenvalue weighted by atomic mass is 10.2. The van der Waals surface area contributed by atoms with Crippen molar-refractivity contribution >= 4 is 5.97 Å². The van der Waals surface area contributed by atoms with Gasteiger partial charge in [-0.15, -0.1) is 0 Å². The number of esters is 1. The van der Waals surface area contributed by atoms with Gasteiger partial charge in [0.05, 0.1) is 13.2 Å². The van der Waals surface area contributed by atoms with Gasteiger partial charge >= 0.3 is 5.97 Å². The van der Waals surface area contributed by atoms with Crippen molar-refractivity contribution in [1.29, 1.82) is 0 Å². The van der Waals surface area contributed by atoms with E-state index < -0.39 is 5.97 Å². The second-order valence-corrected chi connectivity index (χ2v) is 2.90. The summed E-state index contributed by atoms with van der Waals surface area (Å²) >= 11 is 0. The van der Waals surface area contributed by atoms with E-state index in [1.54, 1.807) is 19.9 Å². The maximum Gasteiger partial charge on any atom is 0.341 e. The molecule has 4 heteroatoms. The molecule has 72 valence electrons. The number of nitrogens with two attached hydrogens (primary N) is 1. The molecule has 0 aliphatic carbocycles. The minimum atomic E-state index is -0.395. The van der Waals surface area contributed by atoms with Crippen LogP contribution in [-0.2, 0) is 4.74 Å². The molecule has 0 saturated heterocycles. The Balaban J connectivity index is 3.03. The van der Waals surface area contributed by atoms with Gasteiger partial charge in [-0.25, -0.2) is 4.79 Å². The van der Waals surface area contributed by atoms with Crippen molar-refractivity contribution < 1.29 is 13.9 Å². The molecule has 0 fully saturated rings. The summed E-state index contributed by atoms with van der Waals surface area (Å²) in [5.74, 6) is 0.741. The van der Waals surface area contributed by atoms with Crippen LogP contribution in [0.2, 0.25) is 0 Å². The van der Waals surface area contributed by atoms with E-state index in [1.807, 2.05) is 0 Å². The number of hydrogen-bond acceptors (Lipinski definition) is 4. The summed E-state index contributed by atoms with van der Waals surface area (Å²) in [4.78, 5) is 11.1. The van der Waals surface area contributed by atoms with Gasteiger partial charge in [0.15, 0.2) is 0 Å². The third kappa shape index (κ3) is 1.89. The first-order chi connectivity index (χ1) is 6.06. The molecule has 1 heterocycles. The highest BCUT2D eigenvalue weighted by molar-refractivity contribution is 5.90. The van der Waals surface area contributed by atoms with Gasteiger partial charge in [0.1, 0.15) is 17.1 Å². The highest BCUT2D eigenvalue weighted by Crippen LogP contribution is 2.19. The fraction of sp³-hybridized carbons (Fsp3) is 0.444. The lowest BCUT2D eigenvalue weighted by molar-refractivity contribution is 0.0599. The van der Waals surface area contributed by atoms with E-state index in [-0.39, 0.29) is 6.04 Å². The molecule has 0 spiro atoms. The van der Waals surface area contributed by atoms with Crippen LogP contribution in [0.15, 0.2) is 10.5 Å². The number of furan rings is 1. The molecule has 0 aliphatic heterocycles. The Morgan fingerprint density at radius 2 is 2.31 bits per heavy atom. The van der Waals surface area contributed by atoms with Crippen molar-refractivity contribution in [1.82, 2.24) is 0 Å². The van der Waals surface area contributed by atoms with Crippen LogP contribution in [0.4, 0.5) is 0 Å². The first-order valence-corrected chi connectivity index (χ1v) is 4.00. The molecule has 1 aromatic rings. The highest BCUT2D eigenvalue weighted by atomic mass is 16.5.